The second-order valence-corrected chi connectivity index (χ2v) is 20.7. The molecule has 2 amide bonds. The lowest BCUT2D eigenvalue weighted by atomic mass is 10.1. The number of ether oxygens (including phenoxy) is 4. The van der Waals surface area contributed by atoms with Crippen molar-refractivity contribution in [2.45, 2.75) is 172 Å². The molecule has 70 heavy (non-hydrogen) atoms. The number of likely N-dealkylation sites (tertiary alicyclic amines) is 2. The van der Waals surface area contributed by atoms with Crippen LogP contribution in [0.3, 0.4) is 0 Å². The van der Waals surface area contributed by atoms with Gasteiger partial charge in [0.05, 0.1) is 6.04 Å². The second kappa shape index (κ2) is 31.4. The average molecular weight is 961 g/mol. The minimum absolute atomic E-state index is 0.144. The summed E-state index contributed by atoms with van der Waals surface area (Å²) in [5, 5.41) is 0. The number of hydrogen-bond acceptors (Lipinski definition) is 7. The Kier molecular flexibility index (Phi) is 27.1. The van der Waals surface area contributed by atoms with E-state index in [0.717, 1.165) is 72.8 Å². The highest BCUT2D eigenvalue weighted by Crippen LogP contribution is 2.27. The van der Waals surface area contributed by atoms with Gasteiger partial charge in [-0.1, -0.05) is 149 Å². The third-order valence-electron chi connectivity index (χ3n) is 11.1. The predicted molar refractivity (Wildman–Crippen MR) is 292 cm³/mol. The van der Waals surface area contributed by atoms with Crippen LogP contribution in [-0.2, 0) is 23.7 Å². The molecule has 2 aliphatic rings. The standard InChI is InChI=1S/C61H88N2O7/c1-46(28-18-30-48(3)32-20-34-50(5)36-22-38-52(7)44-67-54(9)55-40-24-42-62(55)58(65)69-60(10,11)12)26-16-17-27-47(2)29-19-31-49(4)33-21-35-51(6)37-23-39-53(8)45-68-57(64)56-41-25-43-63(56)59(66)70-61(13,14)15/h16-21,26-35,38-39,55-56H,9,22-25,36-37,40-45H2,1-8,10-15H3/b17-16+,28-18+,29-19+,32-20+,33-21+,46-26+,47-27+,48-30+,49-31+,50-34+,51-35+,52-38+,53-39+. The number of carbonyl (C=O) groups is 3. The molecule has 0 spiro atoms. The molecule has 0 aromatic rings. The maximum atomic E-state index is 12.8. The maximum Gasteiger partial charge on any atom is 0.411 e. The lowest BCUT2D eigenvalue weighted by Gasteiger charge is -2.29. The Morgan fingerprint density at radius 1 is 0.500 bits per heavy atom. The maximum absolute atomic E-state index is 12.8. The minimum atomic E-state index is -0.611. The Bertz CT molecular complexity index is 2010. The number of hydrogen-bond donors (Lipinski definition) is 0. The molecule has 2 fully saturated rings. The summed E-state index contributed by atoms with van der Waals surface area (Å²) in [5.74, 6) is 0.250. The van der Waals surface area contributed by atoms with Gasteiger partial charge in [-0.05, 0) is 159 Å². The van der Waals surface area contributed by atoms with Gasteiger partial charge in [-0.25, -0.2) is 14.4 Å². The third-order valence-corrected chi connectivity index (χ3v) is 11.1. The fourth-order valence-corrected chi connectivity index (χ4v) is 7.22. The van der Waals surface area contributed by atoms with Gasteiger partial charge >= 0.3 is 18.2 Å². The number of nitrogens with zero attached hydrogens (tertiary/aromatic N) is 2. The molecule has 384 valence electrons. The van der Waals surface area contributed by atoms with E-state index in [2.05, 4.69) is 164 Å². The Labute approximate surface area is 423 Å². The van der Waals surface area contributed by atoms with Crippen molar-refractivity contribution in [1.29, 1.82) is 0 Å². The van der Waals surface area contributed by atoms with Crippen LogP contribution in [0.15, 0.2) is 166 Å². The van der Waals surface area contributed by atoms with Crippen molar-refractivity contribution in [3.05, 3.63) is 166 Å². The highest BCUT2D eigenvalue weighted by molar-refractivity contribution is 5.82. The van der Waals surface area contributed by atoms with Gasteiger partial charge in [0.1, 0.15) is 36.2 Å². The lowest BCUT2D eigenvalue weighted by Crippen LogP contribution is -2.44. The van der Waals surface area contributed by atoms with E-state index in [1.165, 1.54) is 21.6 Å². The van der Waals surface area contributed by atoms with Crippen LogP contribution in [-0.4, -0.2) is 77.5 Å². The summed E-state index contributed by atoms with van der Waals surface area (Å²) in [5.41, 5.74) is 8.20. The fourth-order valence-electron chi connectivity index (χ4n) is 7.22. The van der Waals surface area contributed by atoms with Crippen molar-refractivity contribution in [2.75, 3.05) is 26.3 Å². The molecule has 0 aromatic carbocycles. The molecule has 9 heteroatoms. The molecule has 2 saturated heterocycles. The highest BCUT2D eigenvalue weighted by Gasteiger charge is 2.38. The molecular formula is C61H88N2O7. The number of rotatable bonds is 23. The van der Waals surface area contributed by atoms with Crippen molar-refractivity contribution in [1.82, 2.24) is 9.80 Å². The summed E-state index contributed by atoms with van der Waals surface area (Å²) in [6, 6.07) is -0.730. The molecule has 2 heterocycles. The first kappa shape index (κ1) is 60.3. The smallest absolute Gasteiger partial charge is 0.411 e. The molecule has 2 unspecified atom stereocenters. The van der Waals surface area contributed by atoms with Gasteiger partial charge < -0.3 is 18.9 Å². The zero-order valence-corrected chi connectivity index (χ0v) is 45.5. The zero-order chi connectivity index (χ0) is 52.3. The van der Waals surface area contributed by atoms with Crippen molar-refractivity contribution in [3.8, 4) is 0 Å². The Morgan fingerprint density at radius 3 is 1.27 bits per heavy atom. The molecule has 0 aliphatic carbocycles. The van der Waals surface area contributed by atoms with Crippen LogP contribution in [0.1, 0.15) is 148 Å². The molecule has 9 nitrogen and oxygen atoms in total. The van der Waals surface area contributed by atoms with Gasteiger partial charge in [0.15, 0.2) is 0 Å². The normalized spacial score (nSPS) is 19.0. The molecule has 0 saturated carbocycles. The first-order chi connectivity index (χ1) is 32.9. The lowest BCUT2D eigenvalue weighted by molar-refractivity contribution is -0.147. The van der Waals surface area contributed by atoms with Gasteiger partial charge in [-0.15, -0.1) is 0 Å². The number of allylic oxidation sites excluding steroid dienone is 24. The third kappa shape index (κ3) is 26.8. The van der Waals surface area contributed by atoms with E-state index >= 15 is 0 Å². The van der Waals surface area contributed by atoms with E-state index in [1.807, 2.05) is 48.5 Å². The number of carbonyl (C=O) groups excluding carboxylic acids is 3. The van der Waals surface area contributed by atoms with Crippen LogP contribution in [0, 0.1) is 0 Å². The van der Waals surface area contributed by atoms with Crippen molar-refractivity contribution in [3.63, 3.8) is 0 Å². The van der Waals surface area contributed by atoms with Crippen LogP contribution >= 0.6 is 0 Å². The van der Waals surface area contributed by atoms with Gasteiger partial charge in [-0.2, -0.15) is 0 Å². The molecule has 2 atom stereocenters. The average Bonchev–Trinajstić information content (AvgIpc) is 3.97. The van der Waals surface area contributed by atoms with Crippen LogP contribution in [0.2, 0.25) is 0 Å². The summed E-state index contributed by atoms with van der Waals surface area (Å²) in [4.78, 5) is 41.2. The van der Waals surface area contributed by atoms with Crippen molar-refractivity contribution >= 4 is 18.2 Å². The van der Waals surface area contributed by atoms with Gasteiger partial charge in [0.2, 0.25) is 0 Å². The second-order valence-electron chi connectivity index (χ2n) is 20.7. The topological polar surface area (TPSA) is 94.6 Å². The summed E-state index contributed by atoms with van der Waals surface area (Å²) in [6.45, 7) is 33.7. The molecule has 0 radical (unpaired) electrons. The fraction of sp³-hybridized carbons (Fsp3) is 0.492. The largest absolute Gasteiger partial charge is 0.492 e. The number of amides is 2. The Morgan fingerprint density at radius 2 is 0.857 bits per heavy atom. The quantitative estimate of drug-likeness (QED) is 0.0331. The first-order valence-electron chi connectivity index (χ1n) is 25.1. The van der Waals surface area contributed by atoms with E-state index in [1.54, 1.807) is 4.90 Å². The van der Waals surface area contributed by atoms with Crippen molar-refractivity contribution < 1.29 is 33.3 Å². The van der Waals surface area contributed by atoms with Gasteiger partial charge in [0, 0.05) is 13.1 Å². The summed E-state index contributed by atoms with van der Waals surface area (Å²) >= 11 is 0. The van der Waals surface area contributed by atoms with E-state index in [9.17, 15) is 14.4 Å². The first-order valence-corrected chi connectivity index (χ1v) is 25.1. The Balaban J connectivity index is 1.71. The van der Waals surface area contributed by atoms with E-state index < -0.39 is 23.3 Å². The number of esters is 1. The summed E-state index contributed by atoms with van der Waals surface area (Å²) in [6.07, 6.45) is 43.9. The molecule has 2 aliphatic heterocycles. The van der Waals surface area contributed by atoms with E-state index in [0.29, 0.717) is 31.9 Å². The van der Waals surface area contributed by atoms with Crippen LogP contribution in [0.5, 0.6) is 0 Å². The zero-order valence-electron chi connectivity index (χ0n) is 45.5. The van der Waals surface area contributed by atoms with Crippen molar-refractivity contribution in [2.24, 2.45) is 0 Å². The highest BCUT2D eigenvalue weighted by atomic mass is 16.6. The Hall–Kier alpha value is -5.83. The van der Waals surface area contributed by atoms with Crippen LogP contribution in [0.25, 0.3) is 0 Å². The molecule has 2 rings (SSSR count). The van der Waals surface area contributed by atoms with Crippen LogP contribution in [0.4, 0.5) is 9.59 Å². The molecular weight excluding hydrogens is 873 g/mol. The SMILES string of the molecule is C=C(OC/C(C)=C/CC/C(C)=C/C=C/C(C)=C/C=C/C(C)=C/C=C/C=C(C)/C=C/C=C(C)/C=C/C=C(\C)CC/C=C(\C)COC(=O)C1CCCN1C(=O)OC(C)(C)C)C1CCCN1C(=O)OC(C)(C)C. The predicted octanol–water partition coefficient (Wildman–Crippen LogP) is 15.8. The summed E-state index contributed by atoms with van der Waals surface area (Å²) in [7, 11) is 0. The molecule has 0 bridgehead atoms. The molecule has 0 N–H and O–H groups in total. The molecule has 0 aromatic heterocycles. The monoisotopic (exact) mass is 961 g/mol. The van der Waals surface area contributed by atoms with E-state index in [4.69, 9.17) is 18.9 Å². The minimum Gasteiger partial charge on any atom is -0.492 e. The van der Waals surface area contributed by atoms with E-state index in [-0.39, 0.29) is 24.7 Å². The summed E-state index contributed by atoms with van der Waals surface area (Å²) < 4.78 is 22.6. The van der Waals surface area contributed by atoms with Gasteiger partial charge in [-0.3, -0.25) is 9.80 Å². The van der Waals surface area contributed by atoms with Crippen LogP contribution < -0.4 is 0 Å². The van der Waals surface area contributed by atoms with Gasteiger partial charge in [0.25, 0.3) is 0 Å².